The second-order valence-electron chi connectivity index (χ2n) is 9.19. The van der Waals surface area contributed by atoms with Crippen molar-refractivity contribution in [1.29, 1.82) is 0 Å². The summed E-state index contributed by atoms with van der Waals surface area (Å²) in [6.45, 7) is 6.08. The van der Waals surface area contributed by atoms with E-state index in [1.807, 2.05) is 75.4 Å². The van der Waals surface area contributed by atoms with Gasteiger partial charge in [-0.3, -0.25) is 5.10 Å². The number of aromatic amines is 1. The maximum absolute atomic E-state index is 12.9. The van der Waals surface area contributed by atoms with Crippen molar-refractivity contribution < 1.29 is 19.0 Å². The number of carbonyl (C=O) groups is 1. The van der Waals surface area contributed by atoms with Crippen LogP contribution >= 0.6 is 0 Å². The fraction of sp³-hybridized carbons (Fsp3) is 0.296. The van der Waals surface area contributed by atoms with Crippen molar-refractivity contribution in [2.24, 2.45) is 0 Å². The molecule has 0 bridgehead atoms. The van der Waals surface area contributed by atoms with E-state index in [4.69, 9.17) is 14.2 Å². The van der Waals surface area contributed by atoms with E-state index < -0.39 is 11.6 Å². The van der Waals surface area contributed by atoms with Crippen molar-refractivity contribution in [2.45, 2.75) is 39.3 Å². The van der Waals surface area contributed by atoms with E-state index in [9.17, 15) is 4.79 Å². The number of pyridine rings is 1. The minimum Gasteiger partial charge on any atom is -0.497 e. The van der Waals surface area contributed by atoms with Crippen molar-refractivity contribution >= 4 is 22.8 Å². The molecule has 2 aromatic heterocycles. The number of benzene rings is 2. The third-order valence-corrected chi connectivity index (χ3v) is 5.39. The summed E-state index contributed by atoms with van der Waals surface area (Å²) in [7, 11) is 3.28. The van der Waals surface area contributed by atoms with E-state index in [0.717, 1.165) is 28.2 Å². The number of esters is 1. The first-order chi connectivity index (χ1) is 16.8. The molecule has 0 aliphatic heterocycles. The Balaban J connectivity index is 1.68. The van der Waals surface area contributed by atoms with Gasteiger partial charge in [0.2, 0.25) is 0 Å². The zero-order valence-corrected chi connectivity index (χ0v) is 20.6. The van der Waals surface area contributed by atoms with Gasteiger partial charge in [-0.05, 0) is 74.2 Å². The molecule has 8 heteroatoms. The molecule has 0 saturated carbocycles. The molecule has 2 heterocycles. The van der Waals surface area contributed by atoms with Gasteiger partial charge in [-0.15, -0.1) is 0 Å². The van der Waals surface area contributed by atoms with E-state index in [2.05, 4.69) is 20.5 Å². The average molecular weight is 475 g/mol. The highest BCUT2D eigenvalue weighted by Crippen LogP contribution is 2.27. The van der Waals surface area contributed by atoms with Crippen LogP contribution in [0.1, 0.15) is 48.0 Å². The molecule has 0 saturated heterocycles. The number of hydrogen-bond donors (Lipinski definition) is 2. The Morgan fingerprint density at radius 3 is 2.11 bits per heavy atom. The molecule has 2 aromatic carbocycles. The molecular formula is C27H30N4O4. The highest BCUT2D eigenvalue weighted by atomic mass is 16.6. The average Bonchev–Trinajstić information content (AvgIpc) is 3.27. The molecule has 4 rings (SSSR count). The fourth-order valence-corrected chi connectivity index (χ4v) is 3.71. The van der Waals surface area contributed by atoms with Crippen LogP contribution in [0.15, 0.2) is 54.6 Å². The predicted molar refractivity (Wildman–Crippen MR) is 135 cm³/mol. The van der Waals surface area contributed by atoms with Crippen LogP contribution in [-0.4, -0.2) is 41.0 Å². The van der Waals surface area contributed by atoms with Crippen molar-refractivity contribution in [3.8, 4) is 11.5 Å². The third-order valence-electron chi connectivity index (χ3n) is 5.39. The first kappa shape index (κ1) is 24.1. The van der Waals surface area contributed by atoms with Crippen LogP contribution in [0.25, 0.3) is 11.0 Å². The predicted octanol–water partition coefficient (Wildman–Crippen LogP) is 5.13. The third kappa shape index (κ3) is 5.90. The Morgan fingerprint density at radius 1 is 0.943 bits per heavy atom. The number of methoxy groups -OCH3 is 2. The Hall–Kier alpha value is -4.07. The van der Waals surface area contributed by atoms with Crippen LogP contribution in [0.4, 0.5) is 5.82 Å². The zero-order valence-electron chi connectivity index (χ0n) is 20.6. The lowest BCUT2D eigenvalue weighted by Crippen LogP contribution is -2.24. The van der Waals surface area contributed by atoms with Crippen LogP contribution in [0, 0.1) is 0 Å². The van der Waals surface area contributed by atoms with Gasteiger partial charge in [0.25, 0.3) is 0 Å². The topological polar surface area (TPSA) is 98.4 Å². The molecule has 0 unspecified atom stereocenters. The van der Waals surface area contributed by atoms with Crippen molar-refractivity contribution in [1.82, 2.24) is 15.2 Å². The highest BCUT2D eigenvalue weighted by molar-refractivity contribution is 6.03. The van der Waals surface area contributed by atoms with Crippen molar-refractivity contribution in [3.05, 3.63) is 77.0 Å². The van der Waals surface area contributed by atoms with E-state index in [1.165, 1.54) is 0 Å². The molecule has 0 fully saturated rings. The number of ether oxygens (including phenoxy) is 3. The highest BCUT2D eigenvalue weighted by Gasteiger charge is 2.24. The number of H-pyrrole nitrogens is 1. The van der Waals surface area contributed by atoms with Gasteiger partial charge < -0.3 is 19.5 Å². The summed E-state index contributed by atoms with van der Waals surface area (Å²) in [6.07, 6.45) is 0.579. The van der Waals surface area contributed by atoms with E-state index in [0.29, 0.717) is 35.5 Å². The van der Waals surface area contributed by atoms with Gasteiger partial charge in [0.05, 0.1) is 19.6 Å². The van der Waals surface area contributed by atoms with Crippen molar-refractivity contribution in [2.75, 3.05) is 19.5 Å². The first-order valence-corrected chi connectivity index (χ1v) is 11.4. The van der Waals surface area contributed by atoms with Crippen molar-refractivity contribution in [3.63, 3.8) is 0 Å². The number of fused-ring (bicyclic) bond motifs is 1. The number of nitrogens with zero attached hydrogens (tertiary/aromatic N) is 2. The minimum absolute atomic E-state index is 0.299. The number of anilines is 1. The monoisotopic (exact) mass is 474 g/mol. The maximum atomic E-state index is 12.9. The standard InChI is InChI=1S/C27H30N4O4/c1-27(2,3)35-26(32)24-23-19(14-17-6-10-20(33-4)11-7-17)15-22(29-25(23)31-30-24)28-16-18-8-12-21(34-5)13-9-18/h6-13,15H,14,16H2,1-5H3,(H2,28,29,30,31). The Labute approximate surface area is 204 Å². The maximum Gasteiger partial charge on any atom is 0.357 e. The zero-order chi connectivity index (χ0) is 25.0. The van der Waals surface area contributed by atoms with Gasteiger partial charge in [-0.2, -0.15) is 5.10 Å². The first-order valence-electron chi connectivity index (χ1n) is 11.4. The molecule has 0 spiro atoms. The number of aromatic nitrogens is 3. The Bertz CT molecular complexity index is 1310. The number of hydrogen-bond acceptors (Lipinski definition) is 7. The molecule has 0 aliphatic carbocycles. The van der Waals surface area contributed by atoms with Crippen LogP contribution in [0.2, 0.25) is 0 Å². The van der Waals surface area contributed by atoms with Crippen LogP contribution in [-0.2, 0) is 17.7 Å². The minimum atomic E-state index is -0.627. The lowest BCUT2D eigenvalue weighted by Gasteiger charge is -2.19. The lowest BCUT2D eigenvalue weighted by atomic mass is 10.0. The fourth-order valence-electron chi connectivity index (χ4n) is 3.71. The molecule has 182 valence electrons. The summed E-state index contributed by atoms with van der Waals surface area (Å²) < 4.78 is 16.1. The Kier molecular flexibility index (Phi) is 6.91. The summed E-state index contributed by atoms with van der Waals surface area (Å²) in [5.41, 5.74) is 3.18. The molecule has 0 atom stereocenters. The Morgan fingerprint density at radius 2 is 1.54 bits per heavy atom. The molecule has 35 heavy (non-hydrogen) atoms. The molecule has 0 aliphatic rings. The van der Waals surface area contributed by atoms with E-state index in [1.54, 1.807) is 14.2 Å². The quantitative estimate of drug-likeness (QED) is 0.342. The second kappa shape index (κ2) is 10.0. The lowest BCUT2D eigenvalue weighted by molar-refractivity contribution is 0.00649. The summed E-state index contributed by atoms with van der Waals surface area (Å²) in [4.78, 5) is 17.6. The molecule has 4 aromatic rings. The van der Waals surface area contributed by atoms with Gasteiger partial charge in [0, 0.05) is 6.54 Å². The molecule has 0 amide bonds. The van der Waals surface area contributed by atoms with Gasteiger partial charge in [-0.1, -0.05) is 24.3 Å². The van der Waals surface area contributed by atoms with Gasteiger partial charge in [0.15, 0.2) is 11.3 Å². The van der Waals surface area contributed by atoms with Crippen LogP contribution in [0.5, 0.6) is 11.5 Å². The molecule has 0 radical (unpaired) electrons. The van der Waals surface area contributed by atoms with Crippen LogP contribution in [0.3, 0.4) is 0 Å². The van der Waals surface area contributed by atoms with Gasteiger partial charge >= 0.3 is 5.97 Å². The van der Waals surface area contributed by atoms with Gasteiger partial charge in [0.1, 0.15) is 22.9 Å². The molecular weight excluding hydrogens is 444 g/mol. The summed E-state index contributed by atoms with van der Waals surface area (Å²) in [5, 5.41) is 11.2. The SMILES string of the molecule is COc1ccc(CNc2cc(Cc3ccc(OC)cc3)c3c(C(=O)OC(C)(C)C)[nH]nc3n2)cc1. The largest absolute Gasteiger partial charge is 0.497 e. The smallest absolute Gasteiger partial charge is 0.357 e. The van der Waals surface area contributed by atoms with Gasteiger partial charge in [-0.25, -0.2) is 9.78 Å². The number of rotatable bonds is 8. The summed E-state index contributed by atoms with van der Waals surface area (Å²) in [6, 6.07) is 17.6. The number of carbonyl (C=O) groups excluding carboxylic acids is 1. The summed E-state index contributed by atoms with van der Waals surface area (Å²) >= 11 is 0. The molecule has 2 N–H and O–H groups in total. The van der Waals surface area contributed by atoms with E-state index >= 15 is 0 Å². The summed E-state index contributed by atoms with van der Waals surface area (Å²) in [5.74, 6) is 1.80. The molecule has 8 nitrogen and oxygen atoms in total. The number of nitrogens with one attached hydrogen (secondary N) is 2. The normalized spacial score (nSPS) is 11.3. The second-order valence-corrected chi connectivity index (χ2v) is 9.19. The van der Waals surface area contributed by atoms with Crippen LogP contribution < -0.4 is 14.8 Å². The van der Waals surface area contributed by atoms with E-state index in [-0.39, 0.29) is 0 Å².